The number of hydrogen-bond acceptors (Lipinski definition) is 5. The van der Waals surface area contributed by atoms with Crippen molar-refractivity contribution in [1.29, 1.82) is 0 Å². The first-order valence-electron chi connectivity index (χ1n) is 8.74. The number of hydrogen-bond donors (Lipinski definition) is 3. The highest BCUT2D eigenvalue weighted by molar-refractivity contribution is 6.07. The van der Waals surface area contributed by atoms with Crippen molar-refractivity contribution in [3.8, 4) is 5.75 Å². The predicted octanol–water partition coefficient (Wildman–Crippen LogP) is 3.09. The molecule has 3 rings (SSSR count). The average molecular weight is 368 g/mol. The van der Waals surface area contributed by atoms with Crippen molar-refractivity contribution in [1.82, 2.24) is 9.88 Å². The number of esters is 1. The summed E-state index contributed by atoms with van der Waals surface area (Å²) in [7, 11) is 3.81. The fourth-order valence-electron chi connectivity index (χ4n) is 3.25. The number of aromatic nitrogens is 1. The van der Waals surface area contributed by atoms with E-state index >= 15 is 0 Å². The molecule has 3 N–H and O–H groups in total. The van der Waals surface area contributed by atoms with Crippen LogP contribution in [0.3, 0.4) is 0 Å². The minimum atomic E-state index is -0.446. The zero-order chi connectivity index (χ0) is 19.6. The zero-order valence-corrected chi connectivity index (χ0v) is 15.7. The molecule has 0 bridgehead atoms. The van der Waals surface area contributed by atoms with Crippen molar-refractivity contribution < 1.29 is 19.7 Å². The van der Waals surface area contributed by atoms with Crippen LogP contribution in [0, 0.1) is 6.92 Å². The lowest BCUT2D eigenvalue weighted by Gasteiger charge is -2.14. The molecule has 0 spiro atoms. The number of carbonyl (C=O) groups excluding carboxylic acids is 1. The Hall–Kier alpha value is -2.83. The Kier molecular flexibility index (Phi) is 5.48. The van der Waals surface area contributed by atoms with E-state index in [4.69, 9.17) is 4.74 Å². The summed E-state index contributed by atoms with van der Waals surface area (Å²) in [5.74, 6) is -0.293. The highest BCUT2D eigenvalue weighted by atomic mass is 16.5. The molecule has 2 aromatic carbocycles. The summed E-state index contributed by atoms with van der Waals surface area (Å²) in [6, 6.07) is 10.7. The third kappa shape index (κ3) is 3.97. The van der Waals surface area contributed by atoms with Gasteiger partial charge in [-0.15, -0.1) is 0 Å². The second-order valence-electron chi connectivity index (χ2n) is 6.90. The topological polar surface area (TPSA) is 85.8 Å². The van der Waals surface area contributed by atoms with Crippen LogP contribution in [0.25, 0.3) is 10.9 Å². The van der Waals surface area contributed by atoms with Crippen LogP contribution in [-0.2, 0) is 24.5 Å². The number of aryl methyl sites for hydroxylation is 1. The average Bonchev–Trinajstić information content (AvgIpc) is 2.98. The van der Waals surface area contributed by atoms with Crippen LogP contribution in [0.1, 0.15) is 32.7 Å². The molecule has 142 valence electrons. The summed E-state index contributed by atoms with van der Waals surface area (Å²) in [6.45, 7) is 2.37. The fourth-order valence-corrected chi connectivity index (χ4v) is 3.25. The maximum Gasteiger partial charge on any atom is 0.340 e. The summed E-state index contributed by atoms with van der Waals surface area (Å²) < 4.78 is 5.52. The molecule has 0 atom stereocenters. The maximum absolute atomic E-state index is 12.8. The molecule has 0 aliphatic carbocycles. The van der Waals surface area contributed by atoms with Gasteiger partial charge in [0.05, 0.1) is 12.2 Å². The van der Waals surface area contributed by atoms with Crippen molar-refractivity contribution >= 4 is 16.9 Å². The zero-order valence-electron chi connectivity index (χ0n) is 15.7. The van der Waals surface area contributed by atoms with Crippen LogP contribution >= 0.6 is 0 Å². The number of aliphatic hydroxyl groups is 1. The molecule has 0 fully saturated rings. The third-order valence-electron chi connectivity index (χ3n) is 4.46. The monoisotopic (exact) mass is 368 g/mol. The smallest absolute Gasteiger partial charge is 0.340 e. The maximum atomic E-state index is 12.8. The van der Waals surface area contributed by atoms with Gasteiger partial charge in [-0.3, -0.25) is 0 Å². The number of rotatable bonds is 6. The van der Waals surface area contributed by atoms with Crippen LogP contribution < -0.4 is 0 Å². The minimum Gasteiger partial charge on any atom is -0.508 e. The Balaban J connectivity index is 1.94. The highest BCUT2D eigenvalue weighted by Gasteiger charge is 2.22. The van der Waals surface area contributed by atoms with E-state index in [0.717, 1.165) is 16.6 Å². The lowest BCUT2D eigenvalue weighted by molar-refractivity contribution is 0.0474. The summed E-state index contributed by atoms with van der Waals surface area (Å²) in [4.78, 5) is 18.0. The molecule has 0 aliphatic rings. The van der Waals surface area contributed by atoms with Crippen molar-refractivity contribution in [3.05, 3.63) is 64.3 Å². The van der Waals surface area contributed by atoms with Crippen molar-refractivity contribution in [3.63, 3.8) is 0 Å². The summed E-state index contributed by atoms with van der Waals surface area (Å²) in [5, 5.41) is 20.2. The standard InChI is InChI=1S/C21H24N2O4/c1-13-19(21(26)27-12-15-6-4-5-14(9-15)11-24)20-16(10-23(2)3)18(25)8-7-17(20)22-13/h4-9,22,24-25H,10-12H2,1-3H3. The Morgan fingerprint density at radius 3 is 2.63 bits per heavy atom. The van der Waals surface area contributed by atoms with E-state index in [9.17, 15) is 15.0 Å². The molecule has 1 aromatic heterocycles. The molecule has 6 heteroatoms. The largest absolute Gasteiger partial charge is 0.508 e. The van der Waals surface area contributed by atoms with Crippen LogP contribution in [0.2, 0.25) is 0 Å². The lowest BCUT2D eigenvalue weighted by atomic mass is 10.0. The fraction of sp³-hybridized carbons (Fsp3) is 0.286. The number of H-pyrrole nitrogens is 1. The van der Waals surface area contributed by atoms with E-state index in [-0.39, 0.29) is 19.0 Å². The second-order valence-corrected chi connectivity index (χ2v) is 6.90. The summed E-state index contributed by atoms with van der Waals surface area (Å²) in [5.41, 5.74) is 4.20. The van der Waals surface area contributed by atoms with Gasteiger partial charge in [0.2, 0.25) is 0 Å². The van der Waals surface area contributed by atoms with Gasteiger partial charge >= 0.3 is 5.97 Å². The summed E-state index contributed by atoms with van der Waals surface area (Å²) >= 11 is 0. The number of fused-ring (bicyclic) bond motifs is 1. The Morgan fingerprint density at radius 2 is 1.93 bits per heavy atom. The first-order valence-corrected chi connectivity index (χ1v) is 8.74. The van der Waals surface area contributed by atoms with Crippen LogP contribution in [0.5, 0.6) is 5.75 Å². The molecule has 0 saturated carbocycles. The number of carbonyl (C=O) groups is 1. The van der Waals surface area contributed by atoms with Gasteiger partial charge in [0, 0.05) is 28.7 Å². The minimum absolute atomic E-state index is 0.0590. The van der Waals surface area contributed by atoms with Gasteiger partial charge < -0.3 is 24.8 Å². The SMILES string of the molecule is Cc1[nH]c2ccc(O)c(CN(C)C)c2c1C(=O)OCc1cccc(CO)c1. The number of phenols is 1. The number of nitrogens with zero attached hydrogens (tertiary/aromatic N) is 1. The van der Waals surface area contributed by atoms with Crippen LogP contribution in [0.4, 0.5) is 0 Å². The Bertz CT molecular complexity index is 976. The van der Waals surface area contributed by atoms with Gasteiger partial charge in [-0.25, -0.2) is 4.79 Å². The normalized spacial score (nSPS) is 11.3. The molecular formula is C21H24N2O4. The first-order chi connectivity index (χ1) is 12.9. The number of aliphatic hydroxyl groups excluding tert-OH is 1. The molecule has 27 heavy (non-hydrogen) atoms. The number of phenolic OH excluding ortho intramolecular Hbond substituents is 1. The molecule has 0 radical (unpaired) electrons. The van der Waals surface area contributed by atoms with E-state index in [0.29, 0.717) is 28.8 Å². The van der Waals surface area contributed by atoms with Gasteiger partial charge in [0.1, 0.15) is 12.4 Å². The number of ether oxygens (including phenoxy) is 1. The number of benzene rings is 2. The number of nitrogens with one attached hydrogen (secondary N) is 1. The van der Waals surface area contributed by atoms with Crippen LogP contribution in [-0.4, -0.2) is 40.2 Å². The number of aromatic amines is 1. The van der Waals surface area contributed by atoms with E-state index in [1.165, 1.54) is 0 Å². The molecule has 3 aromatic rings. The number of aromatic hydroxyl groups is 1. The van der Waals surface area contributed by atoms with E-state index < -0.39 is 5.97 Å². The predicted molar refractivity (Wildman–Crippen MR) is 104 cm³/mol. The molecular weight excluding hydrogens is 344 g/mol. The first kappa shape index (κ1) is 18.9. The van der Waals surface area contributed by atoms with Crippen molar-refractivity contribution in [2.45, 2.75) is 26.7 Å². The molecule has 0 aliphatic heterocycles. The molecule has 0 amide bonds. The van der Waals surface area contributed by atoms with Gasteiger partial charge in [-0.1, -0.05) is 24.3 Å². The van der Waals surface area contributed by atoms with Crippen LogP contribution in [0.15, 0.2) is 36.4 Å². The lowest BCUT2D eigenvalue weighted by Crippen LogP contribution is -2.12. The summed E-state index contributed by atoms with van der Waals surface area (Å²) in [6.07, 6.45) is 0. The third-order valence-corrected chi connectivity index (χ3v) is 4.46. The quantitative estimate of drug-likeness (QED) is 0.582. The van der Waals surface area contributed by atoms with E-state index in [1.54, 1.807) is 18.2 Å². The molecule has 0 saturated heterocycles. The van der Waals surface area contributed by atoms with Crippen molar-refractivity contribution in [2.24, 2.45) is 0 Å². The highest BCUT2D eigenvalue weighted by Crippen LogP contribution is 2.33. The van der Waals surface area contributed by atoms with Gasteiger partial charge in [0.25, 0.3) is 0 Å². The van der Waals surface area contributed by atoms with Crippen molar-refractivity contribution in [2.75, 3.05) is 14.1 Å². The molecule has 1 heterocycles. The Morgan fingerprint density at radius 1 is 1.19 bits per heavy atom. The molecule has 0 unspecified atom stereocenters. The van der Waals surface area contributed by atoms with E-state index in [2.05, 4.69) is 4.98 Å². The Labute approximate surface area is 158 Å². The second kappa shape index (κ2) is 7.82. The van der Waals surface area contributed by atoms with Gasteiger partial charge in [-0.05, 0) is 44.3 Å². The van der Waals surface area contributed by atoms with Gasteiger partial charge in [0.15, 0.2) is 0 Å². The van der Waals surface area contributed by atoms with Gasteiger partial charge in [-0.2, -0.15) is 0 Å². The molecule has 6 nitrogen and oxygen atoms in total. The van der Waals surface area contributed by atoms with E-state index in [1.807, 2.05) is 44.1 Å².